The number of nitrogens with zero attached hydrogens (tertiary/aromatic N) is 1. The second kappa shape index (κ2) is 6.13. The average Bonchev–Trinajstić information content (AvgIpc) is 2.87. The van der Waals surface area contributed by atoms with Gasteiger partial charge in [-0.05, 0) is 30.0 Å². The van der Waals surface area contributed by atoms with Crippen molar-refractivity contribution in [3.8, 4) is 0 Å². The maximum absolute atomic E-state index is 13.5. The van der Waals surface area contributed by atoms with Crippen molar-refractivity contribution in [1.29, 1.82) is 0 Å². The Labute approximate surface area is 159 Å². The molecule has 2 bridgehead atoms. The monoisotopic (exact) mass is 389 g/mol. The molecule has 144 valence electrons. The van der Waals surface area contributed by atoms with Gasteiger partial charge in [-0.3, -0.25) is 18.7 Å². The summed E-state index contributed by atoms with van der Waals surface area (Å²) in [6.07, 6.45) is 1.13. The lowest BCUT2D eigenvalue weighted by Gasteiger charge is -2.45. The summed E-state index contributed by atoms with van der Waals surface area (Å²) in [5, 5.41) is 0. The Morgan fingerprint density at radius 3 is 2.37 bits per heavy atom. The van der Waals surface area contributed by atoms with Gasteiger partial charge in [0.25, 0.3) is 0 Å². The quantitative estimate of drug-likeness (QED) is 0.447. The third-order valence-corrected chi connectivity index (χ3v) is 7.50. The van der Waals surface area contributed by atoms with E-state index in [1.807, 2.05) is 39.8 Å². The van der Waals surface area contributed by atoms with Crippen LogP contribution in [0.1, 0.15) is 27.7 Å². The highest BCUT2D eigenvalue weighted by Gasteiger charge is 2.66. The van der Waals surface area contributed by atoms with Crippen LogP contribution in [0, 0.1) is 17.3 Å². The van der Waals surface area contributed by atoms with Gasteiger partial charge in [-0.25, -0.2) is 4.90 Å². The molecule has 6 nitrogen and oxygen atoms in total. The van der Waals surface area contributed by atoms with E-state index in [-0.39, 0.29) is 23.8 Å². The first-order chi connectivity index (χ1) is 12.6. The number of amides is 2. The molecule has 4 aliphatic rings. The van der Waals surface area contributed by atoms with Crippen molar-refractivity contribution in [3.63, 3.8) is 0 Å². The largest absolute Gasteiger partial charge is 0.338 e. The lowest BCUT2D eigenvalue weighted by Crippen LogP contribution is -2.48. The molecule has 5 atom stereocenters. The molecule has 2 amide bonds. The third-order valence-electron chi connectivity index (χ3n) is 5.29. The Morgan fingerprint density at radius 1 is 1.11 bits per heavy atom. The summed E-state index contributed by atoms with van der Waals surface area (Å²) in [4.78, 5) is 27.5. The molecule has 3 aliphatic heterocycles. The van der Waals surface area contributed by atoms with Gasteiger partial charge in [0.05, 0.1) is 29.8 Å². The van der Waals surface area contributed by atoms with Crippen LogP contribution in [0.4, 0.5) is 5.69 Å². The van der Waals surface area contributed by atoms with Crippen LogP contribution in [0.25, 0.3) is 0 Å². The smallest absolute Gasteiger partial charge is 0.308 e. The first kappa shape index (κ1) is 18.6. The number of hydrogen-bond donors (Lipinski definition) is 0. The van der Waals surface area contributed by atoms with E-state index in [0.717, 1.165) is 5.57 Å². The number of hydrogen-bond acceptors (Lipinski definition) is 5. The molecule has 0 unspecified atom stereocenters. The fourth-order valence-electron chi connectivity index (χ4n) is 4.04. The van der Waals surface area contributed by atoms with Crippen LogP contribution < -0.4 is 4.90 Å². The predicted molar refractivity (Wildman–Crippen MR) is 101 cm³/mol. The molecule has 0 saturated carbocycles. The van der Waals surface area contributed by atoms with Crippen molar-refractivity contribution >= 4 is 25.1 Å². The Balaban J connectivity index is 1.71. The molecular formula is C20H24NO5P. The number of fused-ring (bicyclic) bond motifs is 1. The standard InChI is InChI=1S/C20H24NO5P/c1-12-10-14-15-16(17(12)26-27(14,24)25-11-20(2,3)4)19(23)21(18(15)22)13-8-6-5-7-9-13/h5-10,14-17H,11H2,1-4H3/t14-,15+,16+,17+,27+/m0/s1. The van der Waals surface area contributed by atoms with Crippen molar-refractivity contribution in [2.45, 2.75) is 39.5 Å². The lowest BCUT2D eigenvalue weighted by molar-refractivity contribution is -0.124. The van der Waals surface area contributed by atoms with E-state index >= 15 is 0 Å². The van der Waals surface area contributed by atoms with E-state index < -0.39 is 31.2 Å². The van der Waals surface area contributed by atoms with Crippen LogP contribution in [-0.2, 0) is 23.2 Å². The van der Waals surface area contributed by atoms with E-state index in [1.54, 1.807) is 24.3 Å². The zero-order valence-corrected chi connectivity index (χ0v) is 16.8. The number of carbonyl (C=O) groups excluding carboxylic acids is 2. The Bertz CT molecular complexity index is 872. The second-order valence-corrected chi connectivity index (χ2v) is 10.8. The summed E-state index contributed by atoms with van der Waals surface area (Å²) in [5.74, 6) is -1.96. The summed E-state index contributed by atoms with van der Waals surface area (Å²) in [6, 6.07) is 8.85. The van der Waals surface area contributed by atoms with Crippen LogP contribution in [0.2, 0.25) is 0 Å². The number of anilines is 1. The Morgan fingerprint density at radius 2 is 1.74 bits per heavy atom. The van der Waals surface area contributed by atoms with E-state index in [4.69, 9.17) is 9.05 Å². The van der Waals surface area contributed by atoms with Gasteiger partial charge in [-0.15, -0.1) is 0 Å². The van der Waals surface area contributed by atoms with Gasteiger partial charge in [-0.1, -0.05) is 45.0 Å². The highest BCUT2D eigenvalue weighted by atomic mass is 31.2. The molecule has 7 heteroatoms. The molecule has 0 spiro atoms. The van der Waals surface area contributed by atoms with Crippen LogP contribution >= 0.6 is 7.60 Å². The van der Waals surface area contributed by atoms with E-state index in [0.29, 0.717) is 5.69 Å². The van der Waals surface area contributed by atoms with Gasteiger partial charge in [0, 0.05) is 0 Å². The highest BCUT2D eigenvalue weighted by Crippen LogP contribution is 2.68. The summed E-state index contributed by atoms with van der Waals surface area (Å²) in [6.45, 7) is 8.04. The average molecular weight is 389 g/mol. The molecule has 27 heavy (non-hydrogen) atoms. The van der Waals surface area contributed by atoms with Crippen LogP contribution in [0.15, 0.2) is 42.0 Å². The first-order valence-electron chi connectivity index (χ1n) is 9.16. The molecule has 1 aliphatic carbocycles. The number of allylic oxidation sites excluding steroid dienone is 1. The molecule has 2 fully saturated rings. The molecule has 5 rings (SSSR count). The second-order valence-electron chi connectivity index (χ2n) is 8.70. The Hall–Kier alpha value is -1.75. The lowest BCUT2D eigenvalue weighted by atomic mass is 9.79. The summed E-state index contributed by atoms with van der Waals surface area (Å²) < 4.78 is 25.1. The topological polar surface area (TPSA) is 72.9 Å². The number of imide groups is 1. The molecule has 0 N–H and O–H groups in total. The Kier molecular flexibility index (Phi) is 4.22. The molecule has 1 aromatic rings. The number of rotatable bonds is 3. The van der Waals surface area contributed by atoms with Crippen molar-refractivity contribution in [2.75, 3.05) is 11.5 Å². The van der Waals surface area contributed by atoms with Gasteiger partial charge in [0.2, 0.25) is 11.8 Å². The minimum absolute atomic E-state index is 0.193. The zero-order chi connectivity index (χ0) is 19.6. The summed E-state index contributed by atoms with van der Waals surface area (Å²) in [7, 11) is -3.54. The summed E-state index contributed by atoms with van der Waals surface area (Å²) >= 11 is 0. The van der Waals surface area contributed by atoms with Crippen molar-refractivity contribution < 1.29 is 23.2 Å². The van der Waals surface area contributed by atoms with E-state index in [2.05, 4.69) is 0 Å². The fourth-order valence-corrected chi connectivity index (χ4v) is 6.72. The predicted octanol–water partition coefficient (Wildman–Crippen LogP) is 3.78. The van der Waals surface area contributed by atoms with Crippen LogP contribution in [-0.4, -0.2) is 30.2 Å². The third kappa shape index (κ3) is 2.91. The minimum Gasteiger partial charge on any atom is -0.308 e. The minimum atomic E-state index is -3.54. The number of carbonyl (C=O) groups is 2. The zero-order valence-electron chi connectivity index (χ0n) is 15.9. The van der Waals surface area contributed by atoms with E-state index in [9.17, 15) is 14.2 Å². The van der Waals surface area contributed by atoms with Crippen molar-refractivity contribution in [3.05, 3.63) is 42.0 Å². The first-order valence-corrected chi connectivity index (χ1v) is 10.8. The number of benzene rings is 1. The molecule has 2 saturated heterocycles. The SMILES string of the molecule is CC1=C[C@H]2[C@H]3C(=O)N(c4ccccc4)C(=O)[C@H]3[C@@H]1O[P@]2(=O)OCC(C)(C)C. The van der Waals surface area contributed by atoms with Crippen molar-refractivity contribution in [2.24, 2.45) is 17.3 Å². The van der Waals surface area contributed by atoms with Crippen molar-refractivity contribution in [1.82, 2.24) is 0 Å². The van der Waals surface area contributed by atoms with Crippen LogP contribution in [0.5, 0.6) is 0 Å². The fraction of sp³-hybridized carbons (Fsp3) is 0.500. The summed E-state index contributed by atoms with van der Waals surface area (Å²) in [5.41, 5.74) is 0.453. The molecular weight excluding hydrogens is 365 g/mol. The molecule has 3 heterocycles. The van der Waals surface area contributed by atoms with Gasteiger partial charge in [0.15, 0.2) is 0 Å². The van der Waals surface area contributed by atoms with Gasteiger partial charge < -0.3 is 4.52 Å². The van der Waals surface area contributed by atoms with Gasteiger partial charge in [-0.2, -0.15) is 0 Å². The maximum atomic E-state index is 13.5. The van der Waals surface area contributed by atoms with Gasteiger partial charge >= 0.3 is 7.60 Å². The molecule has 1 aromatic carbocycles. The van der Waals surface area contributed by atoms with Crippen LogP contribution in [0.3, 0.4) is 0 Å². The maximum Gasteiger partial charge on any atom is 0.338 e. The van der Waals surface area contributed by atoms with Gasteiger partial charge in [0.1, 0.15) is 6.10 Å². The molecule has 0 aromatic heterocycles. The number of para-hydroxylation sites is 1. The highest BCUT2D eigenvalue weighted by molar-refractivity contribution is 7.55. The normalized spacial score (nSPS) is 35.4. The van der Waals surface area contributed by atoms with E-state index in [1.165, 1.54) is 4.90 Å². The molecule has 0 radical (unpaired) electrons.